The molecule has 3 aromatic heterocycles. The van der Waals surface area contributed by atoms with Gasteiger partial charge >= 0.3 is 0 Å². The summed E-state index contributed by atoms with van der Waals surface area (Å²) in [5, 5.41) is 6.24. The second kappa shape index (κ2) is 9.39. The van der Waals surface area contributed by atoms with E-state index in [-0.39, 0.29) is 5.56 Å². The fraction of sp³-hybridized carbons (Fsp3) is 0.231. The SMILES string of the molecule is O=c1[nH]c2ccc(C#Cc3cccnc3)cc2c(OCC2CCNCC2)c1-c1cccs1. The molecule has 5 nitrogen and oxygen atoms in total. The fourth-order valence-electron chi connectivity index (χ4n) is 3.97. The number of ether oxygens (including phenoxy) is 1. The van der Waals surface area contributed by atoms with Crippen LogP contribution in [0.4, 0.5) is 0 Å². The average Bonchev–Trinajstić information content (AvgIpc) is 3.37. The summed E-state index contributed by atoms with van der Waals surface area (Å²) in [6.07, 6.45) is 5.64. The first-order valence-corrected chi connectivity index (χ1v) is 11.7. The summed E-state index contributed by atoms with van der Waals surface area (Å²) in [5.74, 6) is 7.49. The Kier molecular flexibility index (Phi) is 6.02. The molecule has 1 aliphatic rings. The summed E-state index contributed by atoms with van der Waals surface area (Å²) >= 11 is 1.54. The maximum atomic E-state index is 13.0. The van der Waals surface area contributed by atoms with Gasteiger partial charge in [-0.3, -0.25) is 9.78 Å². The Labute approximate surface area is 190 Å². The van der Waals surface area contributed by atoms with E-state index in [0.717, 1.165) is 52.8 Å². The van der Waals surface area contributed by atoms with E-state index >= 15 is 0 Å². The van der Waals surface area contributed by atoms with Crippen LogP contribution in [-0.4, -0.2) is 29.7 Å². The first-order valence-electron chi connectivity index (χ1n) is 10.8. The largest absolute Gasteiger partial charge is 0.492 e. The molecule has 0 amide bonds. The van der Waals surface area contributed by atoms with Crippen molar-refractivity contribution in [2.24, 2.45) is 5.92 Å². The van der Waals surface area contributed by atoms with Gasteiger partial charge in [-0.25, -0.2) is 0 Å². The number of fused-ring (bicyclic) bond motifs is 1. The molecule has 4 aromatic rings. The maximum absolute atomic E-state index is 13.0. The fourth-order valence-corrected chi connectivity index (χ4v) is 4.73. The van der Waals surface area contributed by atoms with Crippen LogP contribution in [0.1, 0.15) is 24.0 Å². The summed E-state index contributed by atoms with van der Waals surface area (Å²) in [7, 11) is 0. The number of aromatic nitrogens is 2. The van der Waals surface area contributed by atoms with Crippen LogP contribution >= 0.6 is 11.3 Å². The first kappa shape index (κ1) is 20.5. The third-order valence-corrected chi connectivity index (χ3v) is 6.56. The minimum absolute atomic E-state index is 0.130. The van der Waals surface area contributed by atoms with Crippen molar-refractivity contribution < 1.29 is 4.74 Å². The molecule has 0 aliphatic carbocycles. The van der Waals surface area contributed by atoms with E-state index in [1.165, 1.54) is 0 Å². The van der Waals surface area contributed by atoms with Crippen LogP contribution in [0.5, 0.6) is 5.75 Å². The third-order valence-electron chi connectivity index (χ3n) is 5.67. The molecule has 1 aromatic carbocycles. The Morgan fingerprint density at radius 3 is 2.75 bits per heavy atom. The maximum Gasteiger partial charge on any atom is 0.260 e. The van der Waals surface area contributed by atoms with Crippen LogP contribution < -0.4 is 15.6 Å². The molecule has 0 unspecified atom stereocenters. The lowest BCUT2D eigenvalue weighted by atomic mass is 9.99. The lowest BCUT2D eigenvalue weighted by Gasteiger charge is -2.23. The highest BCUT2D eigenvalue weighted by Gasteiger charge is 2.20. The second-order valence-electron chi connectivity index (χ2n) is 7.89. The molecule has 2 N–H and O–H groups in total. The van der Waals surface area contributed by atoms with Gasteiger partial charge in [0.15, 0.2) is 0 Å². The molecular formula is C26H23N3O2S. The summed E-state index contributed by atoms with van der Waals surface area (Å²) in [6, 6.07) is 13.5. The number of thiophene rings is 1. The van der Waals surface area contributed by atoms with Gasteiger partial charge in [-0.05, 0) is 73.6 Å². The highest BCUT2D eigenvalue weighted by atomic mass is 32.1. The predicted octanol–water partition coefficient (Wildman–Crippen LogP) is 4.43. The topological polar surface area (TPSA) is 67.0 Å². The Morgan fingerprint density at radius 2 is 1.97 bits per heavy atom. The number of hydrogen-bond donors (Lipinski definition) is 2. The molecule has 0 saturated carbocycles. The molecule has 0 radical (unpaired) electrons. The Morgan fingerprint density at radius 1 is 1.09 bits per heavy atom. The standard InChI is InChI=1S/C26H23N3O2S/c30-26-24(23-4-2-14-32-23)25(31-17-20-9-12-27-13-10-20)21-15-18(7-8-22(21)29-26)5-6-19-3-1-11-28-16-19/h1-4,7-8,11,14-16,20,27H,9-10,12-13,17H2,(H,29,30). The van der Waals surface area contributed by atoms with Gasteiger partial charge in [-0.2, -0.15) is 0 Å². The average molecular weight is 442 g/mol. The molecule has 6 heteroatoms. The van der Waals surface area contributed by atoms with Crippen molar-refractivity contribution in [3.8, 4) is 28.0 Å². The smallest absolute Gasteiger partial charge is 0.260 e. The van der Waals surface area contributed by atoms with E-state index in [0.29, 0.717) is 23.8 Å². The lowest BCUT2D eigenvalue weighted by Crippen LogP contribution is -2.30. The molecule has 1 saturated heterocycles. The molecule has 0 bridgehead atoms. The summed E-state index contributed by atoms with van der Waals surface area (Å²) < 4.78 is 6.41. The van der Waals surface area contributed by atoms with Crippen LogP contribution in [0.25, 0.3) is 21.3 Å². The van der Waals surface area contributed by atoms with Crippen LogP contribution in [0.3, 0.4) is 0 Å². The third kappa shape index (κ3) is 4.45. The highest BCUT2D eigenvalue weighted by Crippen LogP contribution is 2.36. The van der Waals surface area contributed by atoms with Crippen LogP contribution in [0.15, 0.2) is 65.0 Å². The normalized spacial score (nSPS) is 14.1. The Balaban J connectivity index is 1.59. The number of piperidine rings is 1. The summed E-state index contributed by atoms with van der Waals surface area (Å²) in [6.45, 7) is 2.62. The van der Waals surface area contributed by atoms with Gasteiger partial charge in [-0.15, -0.1) is 11.3 Å². The highest BCUT2D eigenvalue weighted by molar-refractivity contribution is 7.13. The number of aromatic amines is 1. The monoisotopic (exact) mass is 441 g/mol. The first-order chi connectivity index (χ1) is 15.8. The van der Waals surface area contributed by atoms with Gasteiger partial charge in [0.05, 0.1) is 17.7 Å². The number of nitrogens with zero attached hydrogens (tertiary/aromatic N) is 1. The van der Waals surface area contributed by atoms with E-state index in [4.69, 9.17) is 4.74 Å². The molecule has 32 heavy (non-hydrogen) atoms. The van der Waals surface area contributed by atoms with Crippen LogP contribution in [0.2, 0.25) is 0 Å². The van der Waals surface area contributed by atoms with Crippen molar-refractivity contribution in [2.75, 3.05) is 19.7 Å². The summed E-state index contributed by atoms with van der Waals surface area (Å²) in [5.41, 5.74) is 2.93. The minimum Gasteiger partial charge on any atom is -0.492 e. The molecule has 1 fully saturated rings. The predicted molar refractivity (Wildman–Crippen MR) is 129 cm³/mol. The molecule has 4 heterocycles. The van der Waals surface area contributed by atoms with Crippen molar-refractivity contribution in [3.63, 3.8) is 0 Å². The van der Waals surface area contributed by atoms with Crippen molar-refractivity contribution in [3.05, 3.63) is 81.7 Å². The van der Waals surface area contributed by atoms with E-state index in [2.05, 4.69) is 27.1 Å². The van der Waals surface area contributed by atoms with E-state index in [1.54, 1.807) is 23.7 Å². The van der Waals surface area contributed by atoms with Gasteiger partial charge in [-0.1, -0.05) is 17.9 Å². The number of benzene rings is 1. The number of pyridine rings is 2. The second-order valence-corrected chi connectivity index (χ2v) is 8.84. The van der Waals surface area contributed by atoms with Gasteiger partial charge in [0, 0.05) is 33.8 Å². The van der Waals surface area contributed by atoms with Crippen molar-refractivity contribution >= 4 is 22.2 Å². The van der Waals surface area contributed by atoms with Crippen molar-refractivity contribution in [2.45, 2.75) is 12.8 Å². The van der Waals surface area contributed by atoms with E-state index in [1.807, 2.05) is 47.8 Å². The number of rotatable bonds is 4. The van der Waals surface area contributed by atoms with Gasteiger partial charge < -0.3 is 15.0 Å². The van der Waals surface area contributed by atoms with Gasteiger partial charge in [0.1, 0.15) is 5.75 Å². The molecule has 160 valence electrons. The Hall–Kier alpha value is -3.40. The van der Waals surface area contributed by atoms with Crippen LogP contribution in [0, 0.1) is 17.8 Å². The zero-order valence-corrected chi connectivity index (χ0v) is 18.4. The number of hydrogen-bond acceptors (Lipinski definition) is 5. The molecule has 0 spiro atoms. The van der Waals surface area contributed by atoms with Gasteiger partial charge in [0.25, 0.3) is 5.56 Å². The van der Waals surface area contributed by atoms with Gasteiger partial charge in [0.2, 0.25) is 0 Å². The summed E-state index contributed by atoms with van der Waals surface area (Å²) in [4.78, 5) is 21.1. The molecule has 0 atom stereocenters. The van der Waals surface area contributed by atoms with E-state index < -0.39 is 0 Å². The Bertz CT molecular complexity index is 1330. The van der Waals surface area contributed by atoms with E-state index in [9.17, 15) is 4.79 Å². The molecular weight excluding hydrogens is 418 g/mol. The molecule has 5 rings (SSSR count). The number of nitrogens with one attached hydrogen (secondary N) is 2. The lowest BCUT2D eigenvalue weighted by molar-refractivity contribution is 0.217. The van der Waals surface area contributed by atoms with Crippen LogP contribution in [-0.2, 0) is 0 Å². The van der Waals surface area contributed by atoms with Crippen molar-refractivity contribution in [1.29, 1.82) is 0 Å². The van der Waals surface area contributed by atoms with Crippen molar-refractivity contribution in [1.82, 2.24) is 15.3 Å². The zero-order valence-electron chi connectivity index (χ0n) is 17.6. The number of H-pyrrole nitrogens is 1. The zero-order chi connectivity index (χ0) is 21.8. The minimum atomic E-state index is -0.130. The molecule has 1 aliphatic heterocycles. The quantitative estimate of drug-likeness (QED) is 0.460.